The summed E-state index contributed by atoms with van der Waals surface area (Å²) in [6.45, 7) is 1.89. The zero-order valence-corrected chi connectivity index (χ0v) is 13.6. The fourth-order valence-electron chi connectivity index (χ4n) is 2.18. The molecule has 1 aromatic carbocycles. The Labute approximate surface area is 139 Å². The number of aryl methyl sites for hydroxylation is 1. The maximum absolute atomic E-state index is 8.89. The lowest BCUT2D eigenvalue weighted by molar-refractivity contribution is 0.763. The van der Waals surface area contributed by atoms with E-state index in [-0.39, 0.29) is 0 Å². The van der Waals surface area contributed by atoms with Crippen LogP contribution >= 0.6 is 23.3 Å². The molecule has 3 aromatic rings. The predicted octanol–water partition coefficient (Wildman–Crippen LogP) is 2.33. The van der Waals surface area contributed by atoms with Gasteiger partial charge in [-0.05, 0) is 36.2 Å². The lowest BCUT2D eigenvalue weighted by Crippen LogP contribution is -2.13. The van der Waals surface area contributed by atoms with Crippen LogP contribution in [-0.2, 0) is 0 Å². The fourth-order valence-corrected chi connectivity index (χ4v) is 3.65. The molecule has 1 aliphatic rings. The van der Waals surface area contributed by atoms with Crippen molar-refractivity contribution in [3.63, 3.8) is 0 Å². The van der Waals surface area contributed by atoms with E-state index in [9.17, 15) is 0 Å². The van der Waals surface area contributed by atoms with Crippen LogP contribution < -0.4 is 0 Å². The van der Waals surface area contributed by atoms with Crippen LogP contribution in [0.25, 0.3) is 10.7 Å². The minimum absolute atomic E-state index is 0.634. The number of hydrogen-bond acceptors (Lipinski definition) is 8. The van der Waals surface area contributed by atoms with Crippen LogP contribution in [0, 0.1) is 18.3 Å². The van der Waals surface area contributed by atoms with E-state index >= 15 is 0 Å². The largest absolute Gasteiger partial charge is 0.212 e. The molecule has 0 saturated heterocycles. The summed E-state index contributed by atoms with van der Waals surface area (Å²) in [6.07, 6.45) is 0. The smallest absolute Gasteiger partial charge is 0.192 e. The molecule has 112 valence electrons. The van der Waals surface area contributed by atoms with Crippen LogP contribution in [0.2, 0.25) is 0 Å². The molecule has 4 rings (SSSR count). The maximum Gasteiger partial charge on any atom is 0.212 e. The highest BCUT2D eigenvalue weighted by Gasteiger charge is 2.23. The second kappa shape index (κ2) is 5.57. The van der Waals surface area contributed by atoms with Crippen LogP contribution in [0.1, 0.15) is 16.8 Å². The molecule has 0 bridgehead atoms. The van der Waals surface area contributed by atoms with Gasteiger partial charge in [0.05, 0.1) is 23.0 Å². The number of aromatic nitrogens is 5. The number of benzene rings is 1. The van der Waals surface area contributed by atoms with Crippen molar-refractivity contribution < 1.29 is 0 Å². The Morgan fingerprint density at radius 3 is 2.70 bits per heavy atom. The van der Waals surface area contributed by atoms with E-state index in [1.54, 1.807) is 28.6 Å². The average molecular weight is 339 g/mol. The third kappa shape index (κ3) is 2.42. The molecule has 0 N–H and O–H groups in total. The first-order valence-electron chi connectivity index (χ1n) is 6.72. The van der Waals surface area contributed by atoms with Gasteiger partial charge in [0, 0.05) is 5.75 Å². The van der Waals surface area contributed by atoms with E-state index in [2.05, 4.69) is 31.0 Å². The normalized spacial score (nSPS) is 13.3. The van der Waals surface area contributed by atoms with Crippen molar-refractivity contribution in [3.8, 4) is 16.8 Å². The molecule has 9 heteroatoms. The summed E-state index contributed by atoms with van der Waals surface area (Å²) in [4.78, 5) is 0.870. The molecule has 0 unspecified atom stereocenters. The Bertz CT molecular complexity index is 946. The standard InChI is InChI=1S/C14H9N7S2/c1-8-12(23-20-16-8)13-17-18-14-21(13)19-11(7-22-14)10-4-2-9(6-15)3-5-10/h2-5H,7H2,1H3. The van der Waals surface area contributed by atoms with Gasteiger partial charge in [-0.3, -0.25) is 0 Å². The second-order valence-electron chi connectivity index (χ2n) is 4.83. The first kappa shape index (κ1) is 14.0. The van der Waals surface area contributed by atoms with Crippen LogP contribution in [-0.4, -0.2) is 35.9 Å². The van der Waals surface area contributed by atoms with Crippen LogP contribution in [0.15, 0.2) is 34.5 Å². The van der Waals surface area contributed by atoms with E-state index in [0.29, 0.717) is 17.1 Å². The van der Waals surface area contributed by atoms with Crippen molar-refractivity contribution in [2.45, 2.75) is 12.1 Å². The quantitative estimate of drug-likeness (QED) is 0.711. The monoisotopic (exact) mass is 339 g/mol. The third-order valence-electron chi connectivity index (χ3n) is 3.37. The number of rotatable bonds is 2. The number of hydrogen-bond donors (Lipinski definition) is 0. The molecular formula is C14H9N7S2. The number of fused-ring (bicyclic) bond motifs is 1. The highest BCUT2D eigenvalue weighted by atomic mass is 32.2. The highest BCUT2D eigenvalue weighted by Crippen LogP contribution is 2.30. The number of thioether (sulfide) groups is 1. The molecule has 0 atom stereocenters. The summed E-state index contributed by atoms with van der Waals surface area (Å²) in [5.41, 5.74) is 3.36. The summed E-state index contributed by atoms with van der Waals surface area (Å²) in [7, 11) is 0. The number of nitrogens with zero attached hydrogens (tertiary/aromatic N) is 7. The molecule has 0 amide bonds. The van der Waals surface area contributed by atoms with Gasteiger partial charge in [0.1, 0.15) is 4.88 Å². The van der Waals surface area contributed by atoms with Crippen molar-refractivity contribution in [1.82, 2.24) is 24.5 Å². The van der Waals surface area contributed by atoms with Gasteiger partial charge in [0.25, 0.3) is 0 Å². The van der Waals surface area contributed by atoms with Crippen molar-refractivity contribution in [3.05, 3.63) is 41.1 Å². The van der Waals surface area contributed by atoms with Gasteiger partial charge in [-0.15, -0.1) is 15.3 Å². The summed E-state index contributed by atoms with van der Waals surface area (Å²) < 4.78 is 5.69. The molecule has 23 heavy (non-hydrogen) atoms. The SMILES string of the molecule is Cc1nnsc1-c1nnc2n1N=C(c1ccc(C#N)cc1)CS2. The average Bonchev–Trinajstić information content (AvgIpc) is 3.20. The zero-order valence-electron chi connectivity index (χ0n) is 12.0. The van der Waals surface area contributed by atoms with Crippen molar-refractivity contribution in [1.29, 1.82) is 5.26 Å². The summed E-state index contributed by atoms with van der Waals surface area (Å²) in [5.74, 6) is 1.37. The topological polar surface area (TPSA) is 92.6 Å². The molecule has 0 fully saturated rings. The van der Waals surface area contributed by atoms with Gasteiger partial charge >= 0.3 is 0 Å². The van der Waals surface area contributed by atoms with Crippen LogP contribution in [0.5, 0.6) is 0 Å². The Morgan fingerprint density at radius 2 is 2.00 bits per heavy atom. The summed E-state index contributed by atoms with van der Waals surface area (Å²) in [5, 5.41) is 26.8. The predicted molar refractivity (Wildman–Crippen MR) is 87.5 cm³/mol. The minimum Gasteiger partial charge on any atom is -0.192 e. The molecule has 1 aliphatic heterocycles. The van der Waals surface area contributed by atoms with Crippen LogP contribution in [0.4, 0.5) is 0 Å². The highest BCUT2D eigenvalue weighted by molar-refractivity contribution is 7.99. The van der Waals surface area contributed by atoms with Gasteiger partial charge < -0.3 is 0 Å². The van der Waals surface area contributed by atoms with E-state index in [0.717, 1.165) is 27.0 Å². The van der Waals surface area contributed by atoms with E-state index in [4.69, 9.17) is 5.26 Å². The lowest BCUT2D eigenvalue weighted by Gasteiger charge is -2.13. The van der Waals surface area contributed by atoms with Crippen molar-refractivity contribution >= 4 is 29.0 Å². The fraction of sp³-hybridized carbons (Fsp3) is 0.143. The first-order chi connectivity index (χ1) is 11.3. The molecule has 0 spiro atoms. The van der Waals surface area contributed by atoms with Crippen molar-refractivity contribution in [2.24, 2.45) is 5.10 Å². The minimum atomic E-state index is 0.634. The Morgan fingerprint density at radius 1 is 1.17 bits per heavy atom. The third-order valence-corrected chi connectivity index (χ3v) is 5.13. The Balaban J connectivity index is 1.78. The van der Waals surface area contributed by atoms with Gasteiger partial charge in [-0.2, -0.15) is 15.0 Å². The second-order valence-corrected chi connectivity index (χ2v) is 6.53. The summed E-state index contributed by atoms with van der Waals surface area (Å²) >= 11 is 2.87. The van der Waals surface area contributed by atoms with Gasteiger partial charge in [0.15, 0.2) is 5.82 Å². The molecule has 0 saturated carbocycles. The maximum atomic E-state index is 8.89. The molecule has 2 aromatic heterocycles. The van der Waals surface area contributed by atoms with Gasteiger partial charge in [0.2, 0.25) is 5.16 Å². The first-order valence-corrected chi connectivity index (χ1v) is 8.48. The van der Waals surface area contributed by atoms with Crippen LogP contribution in [0.3, 0.4) is 0 Å². The molecule has 0 radical (unpaired) electrons. The Hall–Kier alpha value is -2.57. The zero-order chi connectivity index (χ0) is 15.8. The lowest BCUT2D eigenvalue weighted by atomic mass is 10.1. The Kier molecular flexibility index (Phi) is 3.40. The van der Waals surface area contributed by atoms with Gasteiger partial charge in [-0.1, -0.05) is 28.4 Å². The van der Waals surface area contributed by atoms with E-state index < -0.39 is 0 Å². The van der Waals surface area contributed by atoms with Crippen molar-refractivity contribution in [2.75, 3.05) is 5.75 Å². The molecule has 3 heterocycles. The number of nitriles is 1. The molecule has 0 aliphatic carbocycles. The molecular weight excluding hydrogens is 330 g/mol. The van der Waals surface area contributed by atoms with E-state index in [1.165, 1.54) is 11.5 Å². The van der Waals surface area contributed by atoms with E-state index in [1.807, 2.05) is 19.1 Å². The van der Waals surface area contributed by atoms with Gasteiger partial charge in [-0.25, -0.2) is 0 Å². The molecule has 7 nitrogen and oxygen atoms in total. The summed E-state index contributed by atoms with van der Waals surface area (Å²) in [6, 6.07) is 9.53.